The number of fused-ring (bicyclic) bond motifs is 1. The minimum atomic E-state index is -0.293. The fourth-order valence-electron chi connectivity index (χ4n) is 2.68. The summed E-state index contributed by atoms with van der Waals surface area (Å²) in [5.41, 5.74) is 6.17. The van der Waals surface area contributed by atoms with Gasteiger partial charge in [0.1, 0.15) is 11.5 Å². The van der Waals surface area contributed by atoms with E-state index in [-0.39, 0.29) is 11.7 Å². The number of nitrogens with one attached hydrogen (secondary N) is 1. The van der Waals surface area contributed by atoms with E-state index < -0.39 is 0 Å². The van der Waals surface area contributed by atoms with Gasteiger partial charge in [-0.05, 0) is 67.3 Å². The van der Waals surface area contributed by atoms with Gasteiger partial charge in [-0.2, -0.15) is 5.10 Å². The van der Waals surface area contributed by atoms with Crippen molar-refractivity contribution in [2.45, 2.75) is 19.3 Å². The highest BCUT2D eigenvalue weighted by Gasteiger charge is 2.16. The summed E-state index contributed by atoms with van der Waals surface area (Å²) in [6.07, 6.45) is 2.81. The number of aryl methyl sites for hydroxylation is 1. The van der Waals surface area contributed by atoms with E-state index in [9.17, 15) is 9.90 Å². The molecule has 0 radical (unpaired) electrons. The van der Waals surface area contributed by atoms with E-state index in [1.165, 1.54) is 17.7 Å². The third kappa shape index (κ3) is 3.34. The van der Waals surface area contributed by atoms with Crippen molar-refractivity contribution in [2.24, 2.45) is 5.10 Å². The van der Waals surface area contributed by atoms with Crippen LogP contribution in [0.4, 0.5) is 0 Å². The molecule has 0 saturated heterocycles. The van der Waals surface area contributed by atoms with Gasteiger partial charge in [0.05, 0.1) is 12.8 Å². The van der Waals surface area contributed by atoms with Crippen LogP contribution in [0.1, 0.15) is 34.3 Å². The van der Waals surface area contributed by atoms with Crippen molar-refractivity contribution in [2.75, 3.05) is 7.11 Å². The lowest BCUT2D eigenvalue weighted by atomic mass is 9.90. The zero-order chi connectivity index (χ0) is 16.2. The smallest absolute Gasteiger partial charge is 0.271 e. The number of aromatic hydroxyl groups is 1. The molecule has 0 bridgehead atoms. The number of phenolic OH excluding ortho intramolecular Hbond substituents is 1. The van der Waals surface area contributed by atoms with E-state index in [0.717, 1.165) is 36.3 Å². The number of carbonyl (C=O) groups is 1. The lowest BCUT2D eigenvalue weighted by Gasteiger charge is -2.18. The van der Waals surface area contributed by atoms with Crippen molar-refractivity contribution in [1.82, 2.24) is 5.43 Å². The van der Waals surface area contributed by atoms with Gasteiger partial charge in [0.2, 0.25) is 0 Å². The molecule has 23 heavy (non-hydrogen) atoms. The number of rotatable bonds is 3. The first-order chi connectivity index (χ1) is 11.2. The average Bonchev–Trinajstić information content (AvgIpc) is 2.59. The monoisotopic (exact) mass is 310 g/mol. The number of carbonyl (C=O) groups excluding carboxylic acids is 1. The number of phenols is 1. The Hall–Kier alpha value is -2.82. The lowest BCUT2D eigenvalue weighted by molar-refractivity contribution is 0.0954. The molecular formula is C18H18N2O3. The third-order valence-corrected chi connectivity index (χ3v) is 3.90. The second-order valence-corrected chi connectivity index (χ2v) is 5.42. The molecule has 0 aromatic heterocycles. The molecule has 0 heterocycles. The Bertz CT molecular complexity index is 751. The predicted molar refractivity (Wildman–Crippen MR) is 88.0 cm³/mol. The Balaban J connectivity index is 1.79. The van der Waals surface area contributed by atoms with Gasteiger partial charge in [-0.25, -0.2) is 5.43 Å². The molecule has 5 nitrogen and oxygen atoms in total. The Morgan fingerprint density at radius 3 is 2.70 bits per heavy atom. The first-order valence-electron chi connectivity index (χ1n) is 7.50. The highest BCUT2D eigenvalue weighted by Crippen LogP contribution is 2.25. The summed E-state index contributed by atoms with van der Waals surface area (Å²) in [7, 11) is 1.65. The van der Waals surface area contributed by atoms with E-state index in [1.807, 2.05) is 18.2 Å². The van der Waals surface area contributed by atoms with Crippen molar-refractivity contribution >= 4 is 11.6 Å². The van der Waals surface area contributed by atoms with Gasteiger partial charge in [0, 0.05) is 11.1 Å². The molecule has 1 aliphatic rings. The molecule has 0 aliphatic heterocycles. The first kappa shape index (κ1) is 15.1. The fourth-order valence-corrected chi connectivity index (χ4v) is 2.68. The molecule has 0 spiro atoms. The Kier molecular flexibility index (Phi) is 4.28. The molecule has 2 aromatic carbocycles. The van der Waals surface area contributed by atoms with Crippen LogP contribution in [-0.4, -0.2) is 23.8 Å². The van der Waals surface area contributed by atoms with Crippen molar-refractivity contribution in [1.29, 1.82) is 0 Å². The normalized spacial score (nSPS) is 15.1. The van der Waals surface area contributed by atoms with E-state index in [4.69, 9.17) is 4.74 Å². The standard InChI is InChI=1S/C18H18N2O3/c1-23-15-9-10-16-13(11-15)3-2-4-17(16)19-20-18(22)12-5-7-14(21)8-6-12/h5-11,21H,2-4H2,1H3,(H,20,22)/b19-17+. The van der Waals surface area contributed by atoms with E-state index >= 15 is 0 Å². The van der Waals surface area contributed by atoms with Gasteiger partial charge in [-0.1, -0.05) is 0 Å². The Morgan fingerprint density at radius 2 is 1.96 bits per heavy atom. The fraction of sp³-hybridized carbons (Fsp3) is 0.222. The number of nitrogens with zero attached hydrogens (tertiary/aromatic N) is 1. The SMILES string of the molecule is COc1ccc2c(c1)CCC/C2=N\NC(=O)c1ccc(O)cc1. The highest BCUT2D eigenvalue weighted by molar-refractivity contribution is 6.04. The number of hydrogen-bond donors (Lipinski definition) is 2. The van der Waals surface area contributed by atoms with Crippen LogP contribution < -0.4 is 10.2 Å². The highest BCUT2D eigenvalue weighted by atomic mass is 16.5. The van der Waals surface area contributed by atoms with Crippen LogP contribution in [0.25, 0.3) is 0 Å². The molecule has 0 fully saturated rings. The molecule has 1 amide bonds. The van der Waals surface area contributed by atoms with Gasteiger partial charge in [0.15, 0.2) is 0 Å². The van der Waals surface area contributed by atoms with E-state index in [1.54, 1.807) is 19.2 Å². The molecule has 118 valence electrons. The van der Waals surface area contributed by atoms with E-state index in [0.29, 0.717) is 5.56 Å². The largest absolute Gasteiger partial charge is 0.508 e. The van der Waals surface area contributed by atoms with Crippen LogP contribution >= 0.6 is 0 Å². The zero-order valence-corrected chi connectivity index (χ0v) is 12.9. The van der Waals surface area contributed by atoms with Crippen LogP contribution in [0.2, 0.25) is 0 Å². The summed E-state index contributed by atoms with van der Waals surface area (Å²) in [6.45, 7) is 0. The topological polar surface area (TPSA) is 70.9 Å². The van der Waals surface area contributed by atoms with Crippen LogP contribution in [0.15, 0.2) is 47.6 Å². The van der Waals surface area contributed by atoms with Crippen molar-refractivity contribution in [3.8, 4) is 11.5 Å². The lowest BCUT2D eigenvalue weighted by Crippen LogP contribution is -2.22. The molecule has 0 atom stereocenters. The van der Waals surface area contributed by atoms with Gasteiger partial charge in [-0.3, -0.25) is 4.79 Å². The molecule has 3 rings (SSSR count). The minimum Gasteiger partial charge on any atom is -0.508 e. The van der Waals surface area contributed by atoms with Crippen LogP contribution in [0, 0.1) is 0 Å². The Labute approximate surface area is 134 Å². The minimum absolute atomic E-state index is 0.128. The zero-order valence-electron chi connectivity index (χ0n) is 12.9. The number of benzene rings is 2. The van der Waals surface area contributed by atoms with E-state index in [2.05, 4.69) is 10.5 Å². The average molecular weight is 310 g/mol. The summed E-state index contributed by atoms with van der Waals surface area (Å²) >= 11 is 0. The second kappa shape index (κ2) is 6.52. The van der Waals surface area contributed by atoms with Crippen molar-refractivity contribution in [3.05, 3.63) is 59.2 Å². The number of hydrazone groups is 1. The maximum Gasteiger partial charge on any atom is 0.271 e. The quantitative estimate of drug-likeness (QED) is 0.856. The molecular weight excluding hydrogens is 292 g/mol. The van der Waals surface area contributed by atoms with Gasteiger partial charge in [-0.15, -0.1) is 0 Å². The second-order valence-electron chi connectivity index (χ2n) is 5.42. The van der Waals surface area contributed by atoms with Crippen LogP contribution in [0.3, 0.4) is 0 Å². The Morgan fingerprint density at radius 1 is 1.17 bits per heavy atom. The maximum atomic E-state index is 12.1. The molecule has 1 aliphatic carbocycles. The summed E-state index contributed by atoms with van der Waals surface area (Å²) < 4.78 is 5.25. The molecule has 0 unspecified atom stereocenters. The van der Waals surface area contributed by atoms with Crippen LogP contribution in [-0.2, 0) is 6.42 Å². The number of methoxy groups -OCH3 is 1. The summed E-state index contributed by atoms with van der Waals surface area (Å²) in [6, 6.07) is 12.0. The summed E-state index contributed by atoms with van der Waals surface area (Å²) in [5.74, 6) is 0.666. The maximum absolute atomic E-state index is 12.1. The first-order valence-corrected chi connectivity index (χ1v) is 7.50. The number of amides is 1. The third-order valence-electron chi connectivity index (χ3n) is 3.90. The number of hydrogen-bond acceptors (Lipinski definition) is 4. The van der Waals surface area contributed by atoms with Crippen molar-refractivity contribution in [3.63, 3.8) is 0 Å². The van der Waals surface area contributed by atoms with Crippen LogP contribution in [0.5, 0.6) is 11.5 Å². The molecule has 0 saturated carbocycles. The predicted octanol–water partition coefficient (Wildman–Crippen LogP) is 2.87. The van der Waals surface area contributed by atoms with Gasteiger partial charge >= 0.3 is 0 Å². The number of ether oxygens (including phenoxy) is 1. The summed E-state index contributed by atoms with van der Waals surface area (Å²) in [4.78, 5) is 12.1. The van der Waals surface area contributed by atoms with Crippen molar-refractivity contribution < 1.29 is 14.6 Å². The molecule has 2 aromatic rings. The molecule has 2 N–H and O–H groups in total. The molecule has 5 heteroatoms. The summed E-state index contributed by atoms with van der Waals surface area (Å²) in [5, 5.41) is 13.5. The van der Waals surface area contributed by atoms with Gasteiger partial charge in [0.25, 0.3) is 5.91 Å². The van der Waals surface area contributed by atoms with Gasteiger partial charge < -0.3 is 9.84 Å².